The van der Waals surface area contributed by atoms with Gasteiger partial charge in [-0.3, -0.25) is 0 Å². The van der Waals surface area contributed by atoms with Gasteiger partial charge in [-0.2, -0.15) is 0 Å². The van der Waals surface area contributed by atoms with Crippen molar-refractivity contribution in [3.05, 3.63) is 467 Å². The molecule has 11 nitrogen and oxygen atoms in total. The Hall–Kier alpha value is -18.2. The monoisotopic (exact) mass is 1770 g/mol. The molecular formula is C125H77N9O2S. The van der Waals surface area contributed by atoms with Gasteiger partial charge in [0.05, 0.1) is 0 Å². The summed E-state index contributed by atoms with van der Waals surface area (Å²) in [5, 5.41) is 18.9. The topological polar surface area (TPSA) is 142 Å². The summed E-state index contributed by atoms with van der Waals surface area (Å²) < 4.78 is 15.2. The zero-order chi connectivity index (χ0) is 90.6. The molecule has 137 heavy (non-hydrogen) atoms. The second-order valence-electron chi connectivity index (χ2n) is 34.2. The van der Waals surface area contributed by atoms with E-state index in [9.17, 15) is 0 Å². The number of rotatable bonds is 13. The number of nitrogens with zero attached hydrogens (tertiary/aromatic N) is 9. The summed E-state index contributed by atoms with van der Waals surface area (Å²) in [6, 6.07) is 162. The Morgan fingerprint density at radius 2 is 0.511 bits per heavy atom. The van der Waals surface area contributed by atoms with Crippen molar-refractivity contribution < 1.29 is 8.83 Å². The van der Waals surface area contributed by atoms with E-state index in [1.807, 2.05) is 218 Å². The molecule has 6 aromatic heterocycles. The van der Waals surface area contributed by atoms with Crippen LogP contribution < -0.4 is 0 Å². The second kappa shape index (κ2) is 34.8. The molecule has 0 atom stereocenters. The van der Waals surface area contributed by atoms with Crippen LogP contribution in [0.3, 0.4) is 0 Å². The van der Waals surface area contributed by atoms with Crippen LogP contribution in [0, 0.1) is 0 Å². The van der Waals surface area contributed by atoms with E-state index in [1.54, 1.807) is 0 Å². The number of hydrogen-bond donors (Lipinski definition) is 0. The van der Waals surface area contributed by atoms with E-state index in [2.05, 4.69) is 261 Å². The average molecular weight is 1770 g/mol. The molecule has 6 heterocycles. The lowest BCUT2D eigenvalue weighted by Gasteiger charge is -2.15. The van der Waals surface area contributed by atoms with E-state index in [-0.39, 0.29) is 0 Å². The summed E-state index contributed by atoms with van der Waals surface area (Å²) in [7, 11) is 0. The summed E-state index contributed by atoms with van der Waals surface area (Å²) in [5.74, 6) is 5.83. The predicted molar refractivity (Wildman–Crippen MR) is 565 cm³/mol. The molecule has 27 rings (SSSR count). The number of fused-ring (bicyclic) bond motifs is 16. The summed E-state index contributed by atoms with van der Waals surface area (Å²) in [5.41, 5.74) is 21.2. The predicted octanol–water partition coefficient (Wildman–Crippen LogP) is 33.2. The van der Waals surface area contributed by atoms with E-state index in [1.165, 1.54) is 58.2 Å². The van der Waals surface area contributed by atoms with E-state index in [0.717, 1.165) is 154 Å². The fraction of sp³-hybridized carbons (Fsp3) is 0. The van der Waals surface area contributed by atoms with Crippen molar-refractivity contribution in [2.24, 2.45) is 0 Å². The number of aromatic nitrogens is 9. The molecule has 0 fully saturated rings. The lowest BCUT2D eigenvalue weighted by molar-refractivity contribution is 0.669. The number of thiophene rings is 1. The van der Waals surface area contributed by atoms with Crippen LogP contribution >= 0.6 is 11.3 Å². The molecule has 27 aromatic rings. The quantitative estimate of drug-likeness (QED) is 0.109. The van der Waals surface area contributed by atoms with Gasteiger partial charge in [0, 0.05) is 97.2 Å². The van der Waals surface area contributed by atoms with Crippen LogP contribution in [0.25, 0.3) is 265 Å². The van der Waals surface area contributed by atoms with Gasteiger partial charge in [-0.1, -0.05) is 388 Å². The highest BCUT2D eigenvalue weighted by Crippen LogP contribution is 2.46. The zero-order valence-electron chi connectivity index (χ0n) is 73.7. The minimum atomic E-state index is 0.630. The summed E-state index contributed by atoms with van der Waals surface area (Å²) in [6.07, 6.45) is 0. The standard InChI is InChI=1S/C43H27N3O.C41H25N3O.C41H25N3S/c1-3-12-28(13-4-1)41-44-42(29-14-5-2-6-15-29)46-43(45-41)33-17-11-16-31(24-33)35-18-7-8-19-36(35)32-23-22-30-27-40-38(26-34(30)25-32)37-20-9-10-21-39(37)47-40;1-3-12-26(13-4-1)39-42-40(27-14-5-2-6-15-27)44-41(43-39)36-25-29-17-8-7-16-28(29)24-35(36)30-19-11-20-33-31(30)22-23-34-32-18-9-10-21-37(32)45-38(33)34;1-3-10-27(11-4-1)39-42-40(28-12-5-2-6-13-28)44-41(43-39)31-19-18-26-14-9-16-32(35(26)25-31)29-20-22-33-30(24-29)21-23-37-38(33)34-15-7-8-17-36(34)45-37/h1-27H;2*1-25H. The van der Waals surface area contributed by atoms with Crippen molar-refractivity contribution in [1.82, 2.24) is 44.9 Å². The number of furan rings is 2. The largest absolute Gasteiger partial charge is 0.456 e. The third kappa shape index (κ3) is 15.4. The van der Waals surface area contributed by atoms with Crippen molar-refractivity contribution in [2.75, 3.05) is 0 Å². The minimum Gasteiger partial charge on any atom is -0.456 e. The minimum absolute atomic E-state index is 0.630. The van der Waals surface area contributed by atoms with Crippen LogP contribution in [0.5, 0.6) is 0 Å². The molecule has 0 N–H and O–H groups in total. The molecule has 0 aliphatic heterocycles. The molecule has 0 bridgehead atoms. The third-order valence-electron chi connectivity index (χ3n) is 25.7. The van der Waals surface area contributed by atoms with Gasteiger partial charge in [0.2, 0.25) is 0 Å². The molecule has 640 valence electrons. The van der Waals surface area contributed by atoms with E-state index in [0.29, 0.717) is 52.4 Å². The molecule has 12 heteroatoms. The lowest BCUT2D eigenvalue weighted by Crippen LogP contribution is -2.01. The first-order valence-corrected chi connectivity index (χ1v) is 46.6. The summed E-state index contributed by atoms with van der Waals surface area (Å²) in [4.78, 5) is 44.8. The van der Waals surface area contributed by atoms with Gasteiger partial charge in [-0.05, 0) is 172 Å². The maximum Gasteiger partial charge on any atom is 0.164 e. The molecule has 0 spiro atoms. The van der Waals surface area contributed by atoms with Crippen LogP contribution in [0.2, 0.25) is 0 Å². The molecule has 0 unspecified atom stereocenters. The van der Waals surface area contributed by atoms with E-state index in [4.69, 9.17) is 53.7 Å². The van der Waals surface area contributed by atoms with Gasteiger partial charge in [-0.15, -0.1) is 11.3 Å². The van der Waals surface area contributed by atoms with Gasteiger partial charge < -0.3 is 8.83 Å². The van der Waals surface area contributed by atoms with E-state index < -0.39 is 0 Å². The fourth-order valence-corrected chi connectivity index (χ4v) is 20.2. The molecule has 0 aliphatic carbocycles. The van der Waals surface area contributed by atoms with Gasteiger partial charge in [-0.25, -0.2) is 44.9 Å². The van der Waals surface area contributed by atoms with Crippen LogP contribution in [-0.4, -0.2) is 44.9 Å². The van der Waals surface area contributed by atoms with Crippen molar-refractivity contribution >= 4 is 129 Å². The Morgan fingerprint density at radius 3 is 1.10 bits per heavy atom. The maximum atomic E-state index is 6.44. The van der Waals surface area contributed by atoms with Gasteiger partial charge in [0.15, 0.2) is 52.4 Å². The molecule has 0 amide bonds. The zero-order valence-corrected chi connectivity index (χ0v) is 74.5. The van der Waals surface area contributed by atoms with Gasteiger partial charge in [0.25, 0.3) is 0 Å². The van der Waals surface area contributed by atoms with Crippen molar-refractivity contribution in [3.63, 3.8) is 0 Å². The highest BCUT2D eigenvalue weighted by atomic mass is 32.1. The number of hydrogen-bond acceptors (Lipinski definition) is 12. The first kappa shape index (κ1) is 80.8. The average Bonchev–Trinajstić information content (AvgIpc) is 1.65. The number of para-hydroxylation sites is 2. The van der Waals surface area contributed by atoms with Gasteiger partial charge >= 0.3 is 0 Å². The highest BCUT2D eigenvalue weighted by Gasteiger charge is 2.24. The molecule has 21 aromatic carbocycles. The van der Waals surface area contributed by atoms with Crippen molar-refractivity contribution in [2.45, 2.75) is 0 Å². The van der Waals surface area contributed by atoms with Crippen molar-refractivity contribution in [3.8, 4) is 147 Å². The Bertz CT molecular complexity index is 9190. The Kier molecular flexibility index (Phi) is 20.5. The molecule has 0 saturated heterocycles. The second-order valence-corrected chi connectivity index (χ2v) is 35.2. The van der Waals surface area contributed by atoms with Crippen molar-refractivity contribution in [1.29, 1.82) is 0 Å². The fourth-order valence-electron chi connectivity index (χ4n) is 19.1. The highest BCUT2D eigenvalue weighted by molar-refractivity contribution is 7.26. The van der Waals surface area contributed by atoms with Crippen LogP contribution in [0.1, 0.15) is 0 Å². The normalized spacial score (nSPS) is 11.5. The maximum absolute atomic E-state index is 6.44. The summed E-state index contributed by atoms with van der Waals surface area (Å²) in [6.45, 7) is 0. The SMILES string of the molecule is c1ccc(-c2nc(-c3ccccc3)nc(-c3cc4ccccc4cc3-c3cccc4c3ccc3c5ccccc5oc43)n2)cc1.c1ccc(-c2nc(-c3ccccc3)nc(-c3ccc4cccc(-c5ccc6c(ccc7sc8ccccc8c76)c5)c4c3)n2)cc1.c1ccc(-c2nc(-c3ccccc3)nc(-c3cccc(-c4ccccc4-c4ccc5cc6oc7ccccc7c6cc5c4)c3)n2)cc1. The Balaban J connectivity index is 0.000000109. The third-order valence-corrected chi connectivity index (χ3v) is 26.9. The van der Waals surface area contributed by atoms with E-state index >= 15 is 0 Å². The smallest absolute Gasteiger partial charge is 0.164 e. The first-order valence-electron chi connectivity index (χ1n) is 45.8. The van der Waals surface area contributed by atoms with Crippen LogP contribution in [0.4, 0.5) is 0 Å². The molecular weight excluding hydrogens is 1690 g/mol. The van der Waals surface area contributed by atoms with Crippen LogP contribution in [-0.2, 0) is 0 Å². The Labute approximate surface area is 791 Å². The molecule has 0 saturated carbocycles. The lowest BCUT2D eigenvalue weighted by atomic mass is 9.91. The Morgan fingerprint density at radius 1 is 0.146 bits per heavy atom. The number of benzene rings is 21. The first-order chi connectivity index (χ1) is 67.8. The summed E-state index contributed by atoms with van der Waals surface area (Å²) >= 11 is 1.86. The van der Waals surface area contributed by atoms with Crippen LogP contribution in [0.15, 0.2) is 476 Å². The van der Waals surface area contributed by atoms with Gasteiger partial charge in [0.1, 0.15) is 22.3 Å². The molecule has 0 aliphatic rings. The molecule has 0 radical (unpaired) electrons.